The van der Waals surface area contributed by atoms with Crippen LogP contribution in [0.25, 0.3) is 33.1 Å². The fourth-order valence-electron chi connectivity index (χ4n) is 2.62. The summed E-state index contributed by atoms with van der Waals surface area (Å²) >= 11 is 0. The van der Waals surface area contributed by atoms with E-state index in [0.29, 0.717) is 5.82 Å². The molecule has 0 aliphatic rings. The number of ether oxygens (including phenoxy) is 1. The van der Waals surface area contributed by atoms with Gasteiger partial charge in [0, 0.05) is 28.0 Å². The van der Waals surface area contributed by atoms with Gasteiger partial charge >= 0.3 is 0 Å². The number of aromatic amines is 1. The zero-order chi connectivity index (χ0) is 15.1. The quantitative estimate of drug-likeness (QED) is 0.593. The summed E-state index contributed by atoms with van der Waals surface area (Å²) in [7, 11) is 1.67. The monoisotopic (exact) mass is 290 g/mol. The zero-order valence-electron chi connectivity index (χ0n) is 12.0. The second-order valence-electron chi connectivity index (χ2n) is 5.12. The molecule has 5 heteroatoms. The van der Waals surface area contributed by atoms with E-state index in [1.807, 2.05) is 30.5 Å². The van der Waals surface area contributed by atoms with Gasteiger partial charge in [-0.25, -0.2) is 4.98 Å². The van der Waals surface area contributed by atoms with Crippen molar-refractivity contribution < 1.29 is 4.74 Å². The van der Waals surface area contributed by atoms with Gasteiger partial charge in [0.15, 0.2) is 0 Å². The Kier molecular flexibility index (Phi) is 2.72. The molecule has 108 valence electrons. The van der Waals surface area contributed by atoms with E-state index in [1.54, 1.807) is 19.4 Å². The molecule has 0 amide bonds. The molecule has 0 saturated carbocycles. The highest BCUT2D eigenvalue weighted by Crippen LogP contribution is 2.30. The number of aromatic nitrogens is 3. The first-order chi connectivity index (χ1) is 10.7. The van der Waals surface area contributed by atoms with Gasteiger partial charge in [-0.05, 0) is 36.4 Å². The standard InChI is InChI=1S/C17H14N4O/c1-22-11-3-4-14-12(6-11)13-7-15(19-9-16(13)21-14)10-2-5-17(18)20-8-10/h2-9,21H,1H3,(H2,18,20). The van der Waals surface area contributed by atoms with Crippen molar-refractivity contribution in [3.63, 3.8) is 0 Å². The van der Waals surface area contributed by atoms with Crippen LogP contribution in [0.5, 0.6) is 5.75 Å². The Morgan fingerprint density at radius 3 is 2.59 bits per heavy atom. The Hall–Kier alpha value is -3.08. The number of nitrogens with zero attached hydrogens (tertiary/aromatic N) is 2. The number of nitrogen functional groups attached to an aromatic ring is 1. The molecule has 0 fully saturated rings. The van der Waals surface area contributed by atoms with E-state index in [9.17, 15) is 0 Å². The van der Waals surface area contributed by atoms with Gasteiger partial charge < -0.3 is 15.5 Å². The number of H-pyrrole nitrogens is 1. The average Bonchev–Trinajstić information content (AvgIpc) is 2.92. The van der Waals surface area contributed by atoms with Crippen LogP contribution in [-0.4, -0.2) is 22.1 Å². The molecule has 0 atom stereocenters. The van der Waals surface area contributed by atoms with Crippen LogP contribution in [-0.2, 0) is 0 Å². The van der Waals surface area contributed by atoms with Crippen LogP contribution in [0, 0.1) is 0 Å². The molecule has 0 aliphatic carbocycles. The lowest BCUT2D eigenvalue weighted by atomic mass is 10.1. The highest BCUT2D eigenvalue weighted by molar-refractivity contribution is 6.08. The molecule has 0 aliphatic heterocycles. The molecule has 0 saturated heterocycles. The van der Waals surface area contributed by atoms with Crippen LogP contribution < -0.4 is 10.5 Å². The van der Waals surface area contributed by atoms with Gasteiger partial charge in [-0.2, -0.15) is 0 Å². The van der Waals surface area contributed by atoms with E-state index in [0.717, 1.165) is 38.8 Å². The van der Waals surface area contributed by atoms with E-state index in [4.69, 9.17) is 10.5 Å². The van der Waals surface area contributed by atoms with Gasteiger partial charge in [-0.1, -0.05) is 0 Å². The first kappa shape index (κ1) is 12.6. The molecular formula is C17H14N4O. The number of hydrogen-bond acceptors (Lipinski definition) is 4. The molecule has 0 unspecified atom stereocenters. The third-order valence-electron chi connectivity index (χ3n) is 3.77. The molecule has 0 bridgehead atoms. The third kappa shape index (κ3) is 1.95. The molecule has 5 nitrogen and oxygen atoms in total. The largest absolute Gasteiger partial charge is 0.497 e. The normalized spacial score (nSPS) is 11.1. The average molecular weight is 290 g/mol. The molecular weight excluding hydrogens is 276 g/mol. The van der Waals surface area contributed by atoms with E-state index < -0.39 is 0 Å². The van der Waals surface area contributed by atoms with Crippen molar-refractivity contribution in [3.05, 3.63) is 48.8 Å². The summed E-state index contributed by atoms with van der Waals surface area (Å²) in [5.74, 6) is 1.34. The summed E-state index contributed by atoms with van der Waals surface area (Å²) in [6.45, 7) is 0. The second-order valence-corrected chi connectivity index (χ2v) is 5.12. The van der Waals surface area contributed by atoms with Crippen molar-refractivity contribution in [3.8, 4) is 17.0 Å². The minimum Gasteiger partial charge on any atom is -0.497 e. The Bertz CT molecular complexity index is 973. The number of nitrogens with two attached hydrogens (primary N) is 1. The third-order valence-corrected chi connectivity index (χ3v) is 3.77. The van der Waals surface area contributed by atoms with Crippen molar-refractivity contribution in [2.24, 2.45) is 0 Å². The first-order valence-electron chi connectivity index (χ1n) is 6.92. The number of nitrogens with one attached hydrogen (secondary N) is 1. The van der Waals surface area contributed by atoms with Gasteiger partial charge in [-0.3, -0.25) is 4.98 Å². The van der Waals surface area contributed by atoms with Gasteiger partial charge in [-0.15, -0.1) is 0 Å². The zero-order valence-corrected chi connectivity index (χ0v) is 12.0. The van der Waals surface area contributed by atoms with Crippen LogP contribution in [0.2, 0.25) is 0 Å². The van der Waals surface area contributed by atoms with Crippen LogP contribution >= 0.6 is 0 Å². The maximum Gasteiger partial charge on any atom is 0.123 e. The maximum absolute atomic E-state index is 5.63. The van der Waals surface area contributed by atoms with Crippen molar-refractivity contribution in [1.82, 2.24) is 15.0 Å². The summed E-state index contributed by atoms with van der Waals surface area (Å²) in [6.07, 6.45) is 3.58. The Labute approximate surface area is 126 Å². The molecule has 1 aromatic carbocycles. The van der Waals surface area contributed by atoms with Crippen molar-refractivity contribution in [1.29, 1.82) is 0 Å². The summed E-state index contributed by atoms with van der Waals surface area (Å²) in [4.78, 5) is 12.0. The van der Waals surface area contributed by atoms with Crippen LogP contribution in [0.15, 0.2) is 48.8 Å². The number of benzene rings is 1. The SMILES string of the molecule is COc1ccc2[nH]c3cnc(-c4ccc(N)nc4)cc3c2c1. The summed E-state index contributed by atoms with van der Waals surface area (Å²) < 4.78 is 5.32. The molecule has 0 spiro atoms. The van der Waals surface area contributed by atoms with Gasteiger partial charge in [0.05, 0.1) is 24.5 Å². The molecule has 4 aromatic rings. The minimum absolute atomic E-state index is 0.502. The number of rotatable bonds is 2. The van der Waals surface area contributed by atoms with Gasteiger partial charge in [0.1, 0.15) is 11.6 Å². The number of anilines is 1. The molecule has 3 N–H and O–H groups in total. The molecule has 3 aromatic heterocycles. The van der Waals surface area contributed by atoms with Gasteiger partial charge in [0.2, 0.25) is 0 Å². The van der Waals surface area contributed by atoms with Crippen LogP contribution in [0.1, 0.15) is 0 Å². The molecule has 4 rings (SSSR count). The number of fused-ring (bicyclic) bond motifs is 3. The number of pyridine rings is 2. The van der Waals surface area contributed by atoms with Gasteiger partial charge in [0.25, 0.3) is 0 Å². The maximum atomic E-state index is 5.63. The molecule has 3 heterocycles. The lowest BCUT2D eigenvalue weighted by molar-refractivity contribution is 0.415. The predicted molar refractivity (Wildman–Crippen MR) is 87.8 cm³/mol. The highest BCUT2D eigenvalue weighted by Gasteiger charge is 2.08. The first-order valence-corrected chi connectivity index (χ1v) is 6.92. The van der Waals surface area contributed by atoms with Crippen LogP contribution in [0.3, 0.4) is 0 Å². The molecule has 22 heavy (non-hydrogen) atoms. The summed E-state index contributed by atoms with van der Waals surface area (Å²) in [6, 6.07) is 11.7. The smallest absolute Gasteiger partial charge is 0.123 e. The minimum atomic E-state index is 0.502. The number of hydrogen-bond donors (Lipinski definition) is 2. The number of methoxy groups -OCH3 is 1. The van der Waals surface area contributed by atoms with E-state index in [-0.39, 0.29) is 0 Å². The summed E-state index contributed by atoms with van der Waals surface area (Å²) in [5, 5.41) is 2.22. The fourth-order valence-corrected chi connectivity index (χ4v) is 2.62. The predicted octanol–water partition coefficient (Wildman–Crippen LogP) is 3.37. The Morgan fingerprint density at radius 2 is 1.82 bits per heavy atom. The van der Waals surface area contributed by atoms with Crippen LogP contribution in [0.4, 0.5) is 5.82 Å². The Morgan fingerprint density at radius 1 is 0.955 bits per heavy atom. The van der Waals surface area contributed by atoms with E-state index in [1.165, 1.54) is 0 Å². The lowest BCUT2D eigenvalue weighted by Gasteiger charge is -2.02. The fraction of sp³-hybridized carbons (Fsp3) is 0.0588. The van der Waals surface area contributed by atoms with Crippen molar-refractivity contribution in [2.45, 2.75) is 0 Å². The van der Waals surface area contributed by atoms with Crippen molar-refractivity contribution in [2.75, 3.05) is 12.8 Å². The second kappa shape index (κ2) is 4.73. The topological polar surface area (TPSA) is 76.8 Å². The Balaban J connectivity index is 1.95. The van der Waals surface area contributed by atoms with E-state index in [2.05, 4.69) is 21.0 Å². The summed E-state index contributed by atoms with van der Waals surface area (Å²) in [5.41, 5.74) is 9.49. The lowest BCUT2D eigenvalue weighted by Crippen LogP contribution is -1.90. The highest BCUT2D eigenvalue weighted by atomic mass is 16.5. The van der Waals surface area contributed by atoms with Crippen molar-refractivity contribution >= 4 is 27.6 Å². The molecule has 0 radical (unpaired) electrons. The van der Waals surface area contributed by atoms with E-state index >= 15 is 0 Å².